The summed E-state index contributed by atoms with van der Waals surface area (Å²) in [5.41, 5.74) is 10.4. The van der Waals surface area contributed by atoms with E-state index in [-0.39, 0.29) is 0 Å². The van der Waals surface area contributed by atoms with Crippen molar-refractivity contribution in [1.82, 2.24) is 14.5 Å². The number of hydrazone groups is 1. The Bertz CT molecular complexity index is 1220. The molecular formula is C25H30N6O2. The number of anilines is 2. The molecular weight excluding hydrogens is 416 g/mol. The molecule has 0 atom stereocenters. The summed E-state index contributed by atoms with van der Waals surface area (Å²) in [7, 11) is 2.03. The quantitative estimate of drug-likeness (QED) is 0.475. The average Bonchev–Trinajstić information content (AvgIpc) is 3.19. The highest BCUT2D eigenvalue weighted by molar-refractivity contribution is 5.99. The molecule has 8 nitrogen and oxygen atoms in total. The van der Waals surface area contributed by atoms with Crippen LogP contribution in [0.4, 0.5) is 11.5 Å². The van der Waals surface area contributed by atoms with E-state index < -0.39 is 0 Å². The lowest BCUT2D eigenvalue weighted by atomic mass is 10.1. The first kappa shape index (κ1) is 21.6. The van der Waals surface area contributed by atoms with E-state index in [4.69, 9.17) is 19.4 Å². The maximum Gasteiger partial charge on any atom is 0.164 e. The van der Waals surface area contributed by atoms with Crippen LogP contribution in [0.15, 0.2) is 41.5 Å². The van der Waals surface area contributed by atoms with Gasteiger partial charge in [-0.25, -0.2) is 9.97 Å². The molecule has 33 heavy (non-hydrogen) atoms. The number of fused-ring (bicyclic) bond motifs is 1. The number of hydrogen-bond donors (Lipinski definition) is 1. The van der Waals surface area contributed by atoms with E-state index in [1.165, 1.54) is 11.1 Å². The summed E-state index contributed by atoms with van der Waals surface area (Å²) in [6.07, 6.45) is 2.98. The summed E-state index contributed by atoms with van der Waals surface area (Å²) in [6.45, 7) is 8.50. The lowest BCUT2D eigenvalue weighted by Crippen LogP contribution is -2.36. The van der Waals surface area contributed by atoms with Crippen LogP contribution in [0, 0.1) is 6.92 Å². The van der Waals surface area contributed by atoms with E-state index in [1.807, 2.05) is 20.0 Å². The number of hydrogen-bond acceptors (Lipinski definition) is 7. The van der Waals surface area contributed by atoms with Crippen molar-refractivity contribution in [2.75, 3.05) is 49.8 Å². The van der Waals surface area contributed by atoms with E-state index in [9.17, 15) is 0 Å². The van der Waals surface area contributed by atoms with Crippen LogP contribution >= 0.6 is 0 Å². The molecule has 0 saturated carbocycles. The van der Waals surface area contributed by atoms with Crippen LogP contribution in [-0.4, -0.2) is 59.8 Å². The molecule has 172 valence electrons. The number of pyridine rings is 1. The second kappa shape index (κ2) is 9.33. The Morgan fingerprint density at radius 2 is 1.94 bits per heavy atom. The van der Waals surface area contributed by atoms with Gasteiger partial charge in [-0.05, 0) is 31.4 Å². The number of nitrogens with zero attached hydrogens (tertiary/aromatic N) is 5. The van der Waals surface area contributed by atoms with Crippen molar-refractivity contribution in [2.24, 2.45) is 12.1 Å². The smallest absolute Gasteiger partial charge is 0.164 e. The minimum atomic E-state index is 0.627. The zero-order valence-corrected chi connectivity index (χ0v) is 19.5. The van der Waals surface area contributed by atoms with E-state index in [0.29, 0.717) is 25.6 Å². The molecule has 0 spiro atoms. The van der Waals surface area contributed by atoms with Crippen molar-refractivity contribution in [3.63, 3.8) is 0 Å². The first-order valence-electron chi connectivity index (χ1n) is 11.4. The third-order valence-corrected chi connectivity index (χ3v) is 6.18. The third kappa shape index (κ3) is 4.49. The summed E-state index contributed by atoms with van der Waals surface area (Å²) < 4.78 is 13.2. The summed E-state index contributed by atoms with van der Waals surface area (Å²) in [4.78, 5) is 12.3. The molecule has 1 aromatic carbocycles. The molecule has 0 aliphatic carbocycles. The van der Waals surface area contributed by atoms with Crippen molar-refractivity contribution in [2.45, 2.75) is 20.3 Å². The zero-order valence-electron chi connectivity index (χ0n) is 19.5. The van der Waals surface area contributed by atoms with E-state index in [2.05, 4.69) is 57.3 Å². The third-order valence-electron chi connectivity index (χ3n) is 6.18. The molecule has 3 aromatic rings. The molecule has 2 aliphatic heterocycles. The number of nitrogens with one attached hydrogen (secondary N) is 1. The Hall–Kier alpha value is -3.23. The number of aromatic nitrogens is 3. The van der Waals surface area contributed by atoms with Crippen LogP contribution in [-0.2, 0) is 16.5 Å². The van der Waals surface area contributed by atoms with Gasteiger partial charge in [0.25, 0.3) is 0 Å². The fraction of sp³-hybridized carbons (Fsp3) is 0.400. The summed E-state index contributed by atoms with van der Waals surface area (Å²) in [5, 5.41) is 4.63. The molecule has 1 N–H and O–H groups in total. The van der Waals surface area contributed by atoms with Crippen molar-refractivity contribution in [1.29, 1.82) is 0 Å². The number of rotatable bonds is 5. The highest BCUT2D eigenvalue weighted by atomic mass is 16.5. The van der Waals surface area contributed by atoms with Crippen LogP contribution in [0.1, 0.15) is 30.3 Å². The number of imidazole rings is 1. The molecule has 2 aliphatic rings. The number of ether oxygens (including phenoxy) is 2. The van der Waals surface area contributed by atoms with Crippen LogP contribution < -0.4 is 10.3 Å². The molecule has 0 unspecified atom stereocenters. The summed E-state index contributed by atoms with van der Waals surface area (Å²) in [5.74, 6) is 1.65. The fourth-order valence-corrected chi connectivity index (χ4v) is 4.33. The topological polar surface area (TPSA) is 76.8 Å². The van der Waals surface area contributed by atoms with Gasteiger partial charge in [0.2, 0.25) is 0 Å². The van der Waals surface area contributed by atoms with Gasteiger partial charge in [0.1, 0.15) is 11.3 Å². The maximum absolute atomic E-state index is 5.58. The standard InChI is InChI=1S/C25H30N6O2/c1-17-5-4-6-20(15-17)18(2)28-29-22-16-21(31-9-13-33-14-10-31)23-25(26-22)30(3)24(27-23)19-7-11-32-12-8-19/h4-7,15-16H,8-14H2,1-3H3,(H,26,29)/b28-18+. The first-order valence-corrected chi connectivity index (χ1v) is 11.4. The summed E-state index contributed by atoms with van der Waals surface area (Å²) >= 11 is 0. The van der Waals surface area contributed by atoms with Crippen molar-refractivity contribution >= 4 is 34.0 Å². The normalized spacial score (nSPS) is 17.4. The molecule has 5 rings (SSSR count). The predicted molar refractivity (Wildman–Crippen MR) is 132 cm³/mol. The van der Waals surface area contributed by atoms with E-state index >= 15 is 0 Å². The van der Waals surface area contributed by atoms with Gasteiger partial charge < -0.3 is 18.9 Å². The summed E-state index contributed by atoms with van der Waals surface area (Å²) in [6, 6.07) is 10.4. The Kier molecular flexibility index (Phi) is 6.11. The molecule has 1 fully saturated rings. The van der Waals surface area contributed by atoms with Gasteiger partial charge in [-0.3, -0.25) is 5.43 Å². The lowest BCUT2D eigenvalue weighted by Gasteiger charge is -2.29. The molecule has 4 heterocycles. The van der Waals surface area contributed by atoms with Crippen molar-refractivity contribution in [3.8, 4) is 0 Å². The van der Waals surface area contributed by atoms with Crippen molar-refractivity contribution < 1.29 is 9.47 Å². The minimum absolute atomic E-state index is 0.627. The van der Waals surface area contributed by atoms with Gasteiger partial charge in [-0.1, -0.05) is 35.9 Å². The van der Waals surface area contributed by atoms with E-state index in [0.717, 1.165) is 60.1 Å². The molecule has 1 saturated heterocycles. The van der Waals surface area contributed by atoms with E-state index in [1.54, 1.807) is 0 Å². The molecule has 0 amide bonds. The molecule has 0 radical (unpaired) electrons. The van der Waals surface area contributed by atoms with Crippen LogP contribution in [0.2, 0.25) is 0 Å². The second-order valence-electron chi connectivity index (χ2n) is 8.53. The van der Waals surface area contributed by atoms with Crippen LogP contribution in [0.25, 0.3) is 16.7 Å². The van der Waals surface area contributed by atoms with Gasteiger partial charge in [0, 0.05) is 26.2 Å². The predicted octanol–water partition coefficient (Wildman–Crippen LogP) is 3.75. The first-order chi connectivity index (χ1) is 16.1. The van der Waals surface area contributed by atoms with Gasteiger partial charge in [-0.15, -0.1) is 0 Å². The minimum Gasteiger partial charge on any atom is -0.378 e. The zero-order chi connectivity index (χ0) is 22.8. The largest absolute Gasteiger partial charge is 0.378 e. The number of benzene rings is 1. The Labute approximate surface area is 193 Å². The van der Waals surface area contributed by atoms with Crippen LogP contribution in [0.3, 0.4) is 0 Å². The van der Waals surface area contributed by atoms with Crippen molar-refractivity contribution in [3.05, 3.63) is 53.4 Å². The van der Waals surface area contributed by atoms with Gasteiger partial charge in [0.15, 0.2) is 11.5 Å². The lowest BCUT2D eigenvalue weighted by molar-refractivity contribution is 0.123. The Balaban J connectivity index is 1.55. The van der Waals surface area contributed by atoms with Gasteiger partial charge >= 0.3 is 0 Å². The monoisotopic (exact) mass is 446 g/mol. The van der Waals surface area contributed by atoms with Crippen LogP contribution in [0.5, 0.6) is 0 Å². The fourth-order valence-electron chi connectivity index (χ4n) is 4.33. The highest BCUT2D eigenvalue weighted by Gasteiger charge is 2.22. The number of aryl methyl sites for hydroxylation is 2. The Morgan fingerprint density at radius 1 is 1.09 bits per heavy atom. The van der Waals surface area contributed by atoms with Gasteiger partial charge in [0.05, 0.1) is 37.8 Å². The van der Waals surface area contributed by atoms with Gasteiger partial charge in [-0.2, -0.15) is 5.10 Å². The molecule has 8 heteroatoms. The maximum atomic E-state index is 5.58. The molecule has 2 aromatic heterocycles. The average molecular weight is 447 g/mol. The molecule has 0 bridgehead atoms. The number of morpholine rings is 1. The Morgan fingerprint density at radius 3 is 2.70 bits per heavy atom. The highest BCUT2D eigenvalue weighted by Crippen LogP contribution is 2.32. The SMILES string of the molecule is C/C(=N\Nc1cc(N2CCOCC2)c2nc(C3=CCOCC3)n(C)c2n1)c1cccc(C)c1. The second-order valence-corrected chi connectivity index (χ2v) is 8.53.